The van der Waals surface area contributed by atoms with Crippen molar-refractivity contribution in [3.63, 3.8) is 0 Å². The molecule has 13 heavy (non-hydrogen) atoms. The van der Waals surface area contributed by atoms with E-state index in [1.54, 1.807) is 0 Å². The fourth-order valence-corrected chi connectivity index (χ4v) is 1.90. The van der Waals surface area contributed by atoms with Crippen molar-refractivity contribution < 1.29 is 4.52 Å². The van der Waals surface area contributed by atoms with E-state index in [1.807, 2.05) is 19.1 Å². The van der Waals surface area contributed by atoms with Crippen LogP contribution in [0.15, 0.2) is 16.7 Å². The summed E-state index contributed by atoms with van der Waals surface area (Å²) >= 11 is 7.23. The number of aromatic nitrogens is 2. The summed E-state index contributed by atoms with van der Waals surface area (Å²) in [6.45, 7) is 1.97. The Kier molecular flexibility index (Phi) is 2.33. The molecule has 68 valence electrons. The van der Waals surface area contributed by atoms with Gasteiger partial charge in [0.15, 0.2) is 0 Å². The molecular formula is C8H7ClN2OS. The third kappa shape index (κ3) is 1.73. The highest BCUT2D eigenvalue weighted by Gasteiger charge is 2.08. The van der Waals surface area contributed by atoms with Crippen LogP contribution >= 0.6 is 22.9 Å². The third-order valence-electron chi connectivity index (χ3n) is 1.56. The second kappa shape index (κ2) is 3.47. The average Bonchev–Trinajstić information content (AvgIpc) is 2.71. The van der Waals surface area contributed by atoms with Crippen LogP contribution in [-0.4, -0.2) is 10.1 Å². The molecule has 0 aromatic carbocycles. The lowest BCUT2D eigenvalue weighted by Crippen LogP contribution is -1.78. The zero-order valence-electron chi connectivity index (χ0n) is 6.95. The highest BCUT2D eigenvalue weighted by molar-refractivity contribution is 7.19. The van der Waals surface area contributed by atoms with Crippen molar-refractivity contribution in [3.8, 4) is 10.7 Å². The molecule has 2 aromatic rings. The number of nitrogens with zero attached hydrogens (tertiary/aromatic N) is 2. The molecule has 0 saturated carbocycles. The van der Waals surface area contributed by atoms with E-state index in [1.165, 1.54) is 11.3 Å². The second-order valence-corrected chi connectivity index (χ2v) is 4.18. The predicted octanol–water partition coefficient (Wildman–Crippen LogP) is 3.01. The Morgan fingerprint density at radius 3 is 2.92 bits per heavy atom. The highest BCUT2D eigenvalue weighted by Crippen LogP contribution is 2.28. The lowest BCUT2D eigenvalue weighted by molar-refractivity contribution is 0.383. The first-order valence-corrected chi connectivity index (χ1v) is 5.07. The summed E-state index contributed by atoms with van der Waals surface area (Å²) in [6.07, 6.45) is 0.756. The van der Waals surface area contributed by atoms with Gasteiger partial charge in [-0.25, -0.2) is 0 Å². The second-order valence-electron chi connectivity index (χ2n) is 2.47. The first-order chi connectivity index (χ1) is 6.29. The Morgan fingerprint density at radius 2 is 2.38 bits per heavy atom. The molecule has 0 saturated heterocycles. The summed E-state index contributed by atoms with van der Waals surface area (Å²) < 4.78 is 5.71. The molecule has 0 fully saturated rings. The maximum absolute atomic E-state index is 5.78. The number of halogens is 1. The molecule has 5 heteroatoms. The van der Waals surface area contributed by atoms with Crippen LogP contribution in [0.1, 0.15) is 12.8 Å². The summed E-state index contributed by atoms with van der Waals surface area (Å²) in [6, 6.07) is 3.71. The van der Waals surface area contributed by atoms with Gasteiger partial charge >= 0.3 is 0 Å². The molecular weight excluding hydrogens is 208 g/mol. The Morgan fingerprint density at radius 1 is 1.54 bits per heavy atom. The van der Waals surface area contributed by atoms with Gasteiger partial charge in [-0.1, -0.05) is 23.7 Å². The van der Waals surface area contributed by atoms with Gasteiger partial charge in [-0.3, -0.25) is 0 Å². The van der Waals surface area contributed by atoms with Crippen LogP contribution in [-0.2, 0) is 6.42 Å². The van der Waals surface area contributed by atoms with Gasteiger partial charge in [-0.2, -0.15) is 4.98 Å². The van der Waals surface area contributed by atoms with Crippen molar-refractivity contribution in [2.45, 2.75) is 13.3 Å². The molecule has 0 radical (unpaired) electrons. The lowest BCUT2D eigenvalue weighted by atomic mass is 10.4. The minimum Gasteiger partial charge on any atom is -0.339 e. The Hall–Kier alpha value is -0.870. The van der Waals surface area contributed by atoms with Gasteiger partial charge in [0.25, 0.3) is 0 Å². The molecule has 2 heterocycles. The number of rotatable bonds is 2. The highest BCUT2D eigenvalue weighted by atomic mass is 35.5. The van der Waals surface area contributed by atoms with Crippen LogP contribution in [0, 0.1) is 0 Å². The van der Waals surface area contributed by atoms with E-state index in [0.29, 0.717) is 11.7 Å². The first kappa shape index (κ1) is 8.72. The monoisotopic (exact) mass is 214 g/mol. The van der Waals surface area contributed by atoms with Crippen molar-refractivity contribution >= 4 is 22.9 Å². The normalized spacial score (nSPS) is 10.6. The molecule has 3 nitrogen and oxygen atoms in total. The Bertz CT molecular complexity index is 410. The largest absolute Gasteiger partial charge is 0.339 e. The summed E-state index contributed by atoms with van der Waals surface area (Å²) in [7, 11) is 0. The van der Waals surface area contributed by atoms with E-state index in [2.05, 4.69) is 10.1 Å². The maximum atomic E-state index is 5.78. The predicted molar refractivity (Wildman–Crippen MR) is 52.0 cm³/mol. The molecule has 0 amide bonds. The van der Waals surface area contributed by atoms with Gasteiger partial charge in [0.2, 0.25) is 11.7 Å². The molecule has 0 N–H and O–H groups in total. The summed E-state index contributed by atoms with van der Waals surface area (Å²) in [5.41, 5.74) is 0. The molecule has 0 aliphatic carbocycles. The summed E-state index contributed by atoms with van der Waals surface area (Å²) in [4.78, 5) is 5.12. The smallest absolute Gasteiger partial charge is 0.226 e. The van der Waals surface area contributed by atoms with Gasteiger partial charge in [-0.15, -0.1) is 11.3 Å². The van der Waals surface area contributed by atoms with Crippen molar-refractivity contribution in [2.24, 2.45) is 0 Å². The Balaban J connectivity index is 2.35. The van der Waals surface area contributed by atoms with Crippen LogP contribution in [0.25, 0.3) is 10.7 Å². The van der Waals surface area contributed by atoms with Crippen molar-refractivity contribution in [1.82, 2.24) is 10.1 Å². The van der Waals surface area contributed by atoms with Gasteiger partial charge in [0.1, 0.15) is 0 Å². The Labute approximate surface area is 84.3 Å². The van der Waals surface area contributed by atoms with Crippen molar-refractivity contribution in [1.29, 1.82) is 0 Å². The molecule has 0 bridgehead atoms. The fourth-order valence-electron chi connectivity index (χ4n) is 0.933. The molecule has 0 spiro atoms. The maximum Gasteiger partial charge on any atom is 0.226 e. The molecule has 0 aliphatic rings. The topological polar surface area (TPSA) is 38.9 Å². The van der Waals surface area contributed by atoms with Gasteiger partial charge in [0.05, 0.1) is 9.21 Å². The van der Waals surface area contributed by atoms with E-state index >= 15 is 0 Å². The molecule has 0 unspecified atom stereocenters. The zero-order chi connectivity index (χ0) is 9.26. The number of thiophene rings is 1. The van der Waals surface area contributed by atoms with Crippen LogP contribution < -0.4 is 0 Å². The standard InChI is InChI=1S/C8H7ClN2OS/c1-2-7-10-8(11-12-7)5-3-4-6(9)13-5/h3-4H,2H2,1H3. The van der Waals surface area contributed by atoms with Gasteiger partial charge in [-0.05, 0) is 12.1 Å². The summed E-state index contributed by atoms with van der Waals surface area (Å²) in [5, 5.41) is 3.84. The van der Waals surface area contributed by atoms with E-state index in [0.717, 1.165) is 15.6 Å². The van der Waals surface area contributed by atoms with Crippen LogP contribution in [0.3, 0.4) is 0 Å². The fraction of sp³-hybridized carbons (Fsp3) is 0.250. The number of hydrogen-bond acceptors (Lipinski definition) is 4. The number of aryl methyl sites for hydroxylation is 1. The number of hydrogen-bond donors (Lipinski definition) is 0. The molecule has 0 aliphatic heterocycles. The first-order valence-electron chi connectivity index (χ1n) is 3.88. The average molecular weight is 215 g/mol. The van der Waals surface area contributed by atoms with Gasteiger partial charge < -0.3 is 4.52 Å². The van der Waals surface area contributed by atoms with Crippen LogP contribution in [0.2, 0.25) is 4.34 Å². The van der Waals surface area contributed by atoms with Crippen molar-refractivity contribution in [3.05, 3.63) is 22.4 Å². The minimum absolute atomic E-state index is 0.619. The molecule has 2 rings (SSSR count). The quantitative estimate of drug-likeness (QED) is 0.772. The van der Waals surface area contributed by atoms with Gasteiger partial charge in [0, 0.05) is 6.42 Å². The van der Waals surface area contributed by atoms with Crippen LogP contribution in [0.5, 0.6) is 0 Å². The van der Waals surface area contributed by atoms with E-state index in [4.69, 9.17) is 16.1 Å². The lowest BCUT2D eigenvalue weighted by Gasteiger charge is -1.82. The van der Waals surface area contributed by atoms with Crippen molar-refractivity contribution in [2.75, 3.05) is 0 Å². The molecule has 2 aromatic heterocycles. The van der Waals surface area contributed by atoms with E-state index in [9.17, 15) is 0 Å². The van der Waals surface area contributed by atoms with Crippen LogP contribution in [0.4, 0.5) is 0 Å². The third-order valence-corrected chi connectivity index (χ3v) is 2.79. The van der Waals surface area contributed by atoms with E-state index in [-0.39, 0.29) is 0 Å². The minimum atomic E-state index is 0.619. The SMILES string of the molecule is CCc1nc(-c2ccc(Cl)s2)no1. The zero-order valence-corrected chi connectivity index (χ0v) is 8.52. The van der Waals surface area contributed by atoms with E-state index < -0.39 is 0 Å². The molecule has 0 atom stereocenters. The summed E-state index contributed by atoms with van der Waals surface area (Å²) in [5.74, 6) is 1.27.